The van der Waals surface area contributed by atoms with Crippen molar-refractivity contribution in [3.8, 4) is 5.75 Å². The summed E-state index contributed by atoms with van der Waals surface area (Å²) in [5, 5.41) is 26.7. The third-order valence-electron chi connectivity index (χ3n) is 4.42. The first-order valence-corrected chi connectivity index (χ1v) is 13.5. The van der Waals surface area contributed by atoms with Gasteiger partial charge in [-0.05, 0) is 53.2 Å². The maximum atomic E-state index is 13.0. The number of amides is 1. The minimum atomic E-state index is -5.17. The van der Waals surface area contributed by atoms with Gasteiger partial charge in [0, 0.05) is 6.92 Å². The summed E-state index contributed by atoms with van der Waals surface area (Å²) in [5.74, 6) is -1.90. The number of hydrogen-bond donors (Lipinski definition) is 3. The van der Waals surface area contributed by atoms with E-state index in [1.165, 1.54) is 0 Å². The average Bonchev–Trinajstić information content (AvgIpc) is 2.70. The van der Waals surface area contributed by atoms with Gasteiger partial charge in [0.2, 0.25) is 15.9 Å². The summed E-state index contributed by atoms with van der Waals surface area (Å²) in [6.45, 7) is 1.02. The van der Waals surface area contributed by atoms with Crippen LogP contribution in [0.1, 0.15) is 6.92 Å². The van der Waals surface area contributed by atoms with E-state index in [2.05, 4.69) is 15.5 Å². The first-order chi connectivity index (χ1) is 16.0. The van der Waals surface area contributed by atoms with Gasteiger partial charge in [0.05, 0.1) is 26.9 Å². The molecule has 3 aromatic rings. The number of anilines is 1. The zero-order valence-corrected chi connectivity index (χ0v) is 25.8. The van der Waals surface area contributed by atoms with Crippen LogP contribution >= 0.6 is 0 Å². The topological polar surface area (TPSA) is 249 Å². The van der Waals surface area contributed by atoms with E-state index in [0.717, 1.165) is 37.3 Å². The first kappa shape index (κ1) is 33.5. The van der Waals surface area contributed by atoms with E-state index in [9.17, 15) is 44.3 Å². The zero-order valence-electron chi connectivity index (χ0n) is 19.4. The molecule has 0 bridgehead atoms. The molecule has 0 spiro atoms. The Labute approximate surface area is 255 Å². The summed E-state index contributed by atoms with van der Waals surface area (Å²) >= 11 is 0. The molecule has 0 atom stereocenters. The number of carbonyl (C=O) groups is 1. The number of carbonyl (C=O) groups excluding carboxylic acids is 1. The molecule has 0 saturated heterocycles. The quantitative estimate of drug-likeness (QED) is 0.141. The van der Waals surface area contributed by atoms with Gasteiger partial charge < -0.3 is 15.0 Å². The van der Waals surface area contributed by atoms with Crippen LogP contribution < -0.4 is 74.7 Å². The van der Waals surface area contributed by atoms with Gasteiger partial charge in [-0.1, -0.05) is 5.75 Å². The molecule has 37 heavy (non-hydrogen) atoms. The second kappa shape index (κ2) is 12.1. The van der Waals surface area contributed by atoms with Crippen molar-refractivity contribution in [2.75, 3.05) is 5.32 Å². The second-order valence-corrected chi connectivity index (χ2v) is 11.3. The fraction of sp³-hybridized carbons (Fsp3) is 0.0556. The molecule has 0 aromatic heterocycles. The maximum absolute atomic E-state index is 13.0. The number of nitrogens with two attached hydrogens (primary N) is 1. The molecule has 0 heterocycles. The molecule has 186 valence electrons. The Morgan fingerprint density at radius 1 is 0.946 bits per heavy atom. The third kappa shape index (κ3) is 8.01. The molecule has 0 unspecified atom stereocenters. The molecule has 4 N–H and O–H groups in total. The third-order valence-corrected chi connectivity index (χ3v) is 7.09. The number of nitrogens with zero attached hydrogens (tertiary/aromatic N) is 2. The molecule has 1 amide bonds. The fourth-order valence-electron chi connectivity index (χ4n) is 2.96. The zero-order chi connectivity index (χ0) is 26.3. The molecule has 0 radical (unpaired) electrons. The number of fused-ring (bicyclic) bond motifs is 1. The molecule has 0 fully saturated rings. The number of azo groups is 1. The minimum absolute atomic E-state index is 0. The molecule has 0 aliphatic heterocycles. The molecule has 3 rings (SSSR count). The summed E-state index contributed by atoms with van der Waals surface area (Å²) in [6.07, 6.45) is 0. The SMILES string of the molecule is CC(=O)Nc1cc2c([O-])c(N=Nc3ccc(S(N)(=O)=O)cc3)c(S(=O)(=O)O)cc2cc1S(=O)(=O)[O-].[Na+].[Na+]. The standard InChI is InChI=1S/C18H16N4O10S3.2Na/c1-9(23)20-14-8-13-10(6-15(14)34(27,28)29)7-16(35(30,31)32)17(18(13)24)22-21-11-2-4-12(5-3-11)33(19,25)26;;/h2-8,24H,1H3,(H,20,23)(H2,19,25,26)(H,27,28,29)(H,30,31,32);;/q;2*+1/p-2. The molecule has 0 aliphatic carbocycles. The molecule has 0 saturated carbocycles. The van der Waals surface area contributed by atoms with Gasteiger partial charge >= 0.3 is 59.1 Å². The van der Waals surface area contributed by atoms with E-state index in [1.54, 1.807) is 0 Å². The van der Waals surface area contributed by atoms with Crippen molar-refractivity contribution in [3.05, 3.63) is 42.5 Å². The van der Waals surface area contributed by atoms with Crippen molar-refractivity contribution in [2.24, 2.45) is 15.4 Å². The van der Waals surface area contributed by atoms with Gasteiger partial charge in [0.15, 0.2) is 0 Å². The van der Waals surface area contributed by atoms with Crippen LogP contribution in [0, 0.1) is 0 Å². The Balaban J connectivity index is 0.00000342. The summed E-state index contributed by atoms with van der Waals surface area (Å²) in [6, 6.07) is 6.69. The van der Waals surface area contributed by atoms with Crippen LogP contribution in [0.15, 0.2) is 67.4 Å². The van der Waals surface area contributed by atoms with Crippen molar-refractivity contribution < 1.29 is 103 Å². The first-order valence-electron chi connectivity index (χ1n) is 9.06. The Morgan fingerprint density at radius 2 is 1.49 bits per heavy atom. The number of benzene rings is 3. The van der Waals surface area contributed by atoms with E-state index in [0.29, 0.717) is 12.1 Å². The molecule has 0 aliphatic rings. The Hall–Kier alpha value is -1.48. The fourth-order valence-corrected chi connectivity index (χ4v) is 4.78. The number of hydrogen-bond acceptors (Lipinski definition) is 11. The van der Waals surface area contributed by atoms with Crippen LogP contribution in [0.3, 0.4) is 0 Å². The molecule has 14 nitrogen and oxygen atoms in total. The van der Waals surface area contributed by atoms with Crippen molar-refractivity contribution in [1.29, 1.82) is 0 Å². The largest absolute Gasteiger partial charge is 1.00 e. The monoisotopic (exact) mass is 588 g/mol. The van der Waals surface area contributed by atoms with Gasteiger partial charge in [-0.2, -0.15) is 13.5 Å². The summed E-state index contributed by atoms with van der Waals surface area (Å²) in [4.78, 5) is 9.20. The summed E-state index contributed by atoms with van der Waals surface area (Å²) in [7, 11) is -14.3. The van der Waals surface area contributed by atoms with Crippen molar-refractivity contribution in [1.82, 2.24) is 0 Å². The van der Waals surface area contributed by atoms with Crippen LogP contribution in [0.2, 0.25) is 0 Å². The maximum Gasteiger partial charge on any atom is 1.00 e. The van der Waals surface area contributed by atoms with Gasteiger partial charge in [0.1, 0.15) is 15.0 Å². The molecular weight excluding hydrogens is 574 g/mol. The predicted molar refractivity (Wildman–Crippen MR) is 117 cm³/mol. The van der Waals surface area contributed by atoms with Gasteiger partial charge in [-0.3, -0.25) is 9.35 Å². The van der Waals surface area contributed by atoms with E-state index in [4.69, 9.17) is 5.14 Å². The van der Waals surface area contributed by atoms with Crippen LogP contribution in [0.25, 0.3) is 10.8 Å². The number of sulfonamides is 1. The van der Waals surface area contributed by atoms with Crippen molar-refractivity contribution >= 4 is 64.0 Å². The van der Waals surface area contributed by atoms with E-state index in [1.807, 2.05) is 0 Å². The smallest absolute Gasteiger partial charge is 0.871 e. The van der Waals surface area contributed by atoms with Crippen LogP contribution in [-0.4, -0.2) is 40.3 Å². The van der Waals surface area contributed by atoms with Crippen LogP contribution in [0.5, 0.6) is 5.75 Å². The summed E-state index contributed by atoms with van der Waals surface area (Å²) < 4.78 is 91.0. The van der Waals surface area contributed by atoms with Crippen LogP contribution in [0.4, 0.5) is 17.1 Å². The predicted octanol–water partition coefficient (Wildman–Crippen LogP) is -4.91. The van der Waals surface area contributed by atoms with E-state index < -0.39 is 63.1 Å². The Morgan fingerprint density at radius 3 is 1.95 bits per heavy atom. The van der Waals surface area contributed by atoms with Gasteiger partial charge in [0.25, 0.3) is 10.1 Å². The van der Waals surface area contributed by atoms with E-state index >= 15 is 0 Å². The number of primary sulfonamides is 1. The Kier molecular flexibility index (Phi) is 11.0. The average molecular weight is 589 g/mol. The minimum Gasteiger partial charge on any atom is -0.871 e. The molecular formula is C18H14N4Na2O10S3. The van der Waals surface area contributed by atoms with Gasteiger partial charge in [-0.15, -0.1) is 5.11 Å². The Bertz CT molecular complexity index is 1730. The number of rotatable bonds is 6. The van der Waals surface area contributed by atoms with Crippen LogP contribution in [-0.2, 0) is 35.1 Å². The molecule has 19 heteroatoms. The van der Waals surface area contributed by atoms with Gasteiger partial charge in [-0.25, -0.2) is 22.0 Å². The summed E-state index contributed by atoms with van der Waals surface area (Å²) in [5.41, 5.74) is -1.43. The van der Waals surface area contributed by atoms with Crippen molar-refractivity contribution in [2.45, 2.75) is 21.6 Å². The second-order valence-electron chi connectivity index (χ2n) is 6.97. The van der Waals surface area contributed by atoms with Crippen molar-refractivity contribution in [3.63, 3.8) is 0 Å². The normalized spacial score (nSPS) is 12.1. The van der Waals surface area contributed by atoms with E-state index in [-0.39, 0.29) is 80.5 Å². The molecule has 3 aromatic carbocycles. The number of nitrogens with one attached hydrogen (secondary N) is 1.